The molecule has 0 fully saturated rings. The lowest BCUT2D eigenvalue weighted by Gasteiger charge is -2.17. The minimum absolute atomic E-state index is 0.155. The number of halogens is 1. The van der Waals surface area contributed by atoms with Gasteiger partial charge in [-0.15, -0.1) is 11.8 Å². The van der Waals surface area contributed by atoms with Gasteiger partial charge in [-0.25, -0.2) is 0 Å². The second-order valence-electron chi connectivity index (χ2n) is 4.68. The minimum Gasteiger partial charge on any atom is -0.481 e. The van der Waals surface area contributed by atoms with Gasteiger partial charge in [0.05, 0.1) is 11.7 Å². The highest BCUT2D eigenvalue weighted by molar-refractivity contribution is 9.10. The number of aliphatic carboxylic acids is 1. The second kappa shape index (κ2) is 7.69. The van der Waals surface area contributed by atoms with Crippen molar-refractivity contribution >= 4 is 39.6 Å². The second-order valence-corrected chi connectivity index (χ2v) is 6.61. The Morgan fingerprint density at radius 1 is 1.40 bits per heavy atom. The summed E-state index contributed by atoms with van der Waals surface area (Å²) in [5, 5.41) is 11.6. The maximum Gasteiger partial charge on any atom is 0.308 e. The smallest absolute Gasteiger partial charge is 0.308 e. The maximum atomic E-state index is 11.8. The molecule has 1 aromatic rings. The molecule has 0 aliphatic carbocycles. The lowest BCUT2D eigenvalue weighted by atomic mass is 10.0. The van der Waals surface area contributed by atoms with Gasteiger partial charge < -0.3 is 10.4 Å². The van der Waals surface area contributed by atoms with Crippen LogP contribution in [0.1, 0.15) is 19.4 Å². The molecule has 2 atom stereocenters. The monoisotopic (exact) mass is 359 g/mol. The van der Waals surface area contributed by atoms with Crippen LogP contribution in [-0.4, -0.2) is 28.8 Å². The molecule has 0 aliphatic heterocycles. The molecule has 0 saturated carbocycles. The lowest BCUT2D eigenvalue weighted by molar-refractivity contribution is -0.142. The molecule has 0 bridgehead atoms. The number of hydrogen-bond acceptors (Lipinski definition) is 3. The third-order valence-corrected chi connectivity index (χ3v) is 4.69. The summed E-state index contributed by atoms with van der Waals surface area (Å²) in [7, 11) is 0. The van der Waals surface area contributed by atoms with Crippen molar-refractivity contribution in [2.75, 3.05) is 5.75 Å². The third kappa shape index (κ3) is 5.17. The molecule has 0 aromatic heterocycles. The zero-order valence-corrected chi connectivity index (χ0v) is 14.0. The van der Waals surface area contributed by atoms with Crippen molar-refractivity contribution in [3.8, 4) is 0 Å². The van der Waals surface area contributed by atoms with E-state index in [-0.39, 0.29) is 17.7 Å². The van der Waals surface area contributed by atoms with Crippen molar-refractivity contribution in [2.24, 2.45) is 5.92 Å². The average Bonchev–Trinajstić information content (AvgIpc) is 2.36. The number of carbonyl (C=O) groups excluding carboxylic acids is 1. The predicted octanol–water partition coefficient (Wildman–Crippen LogP) is 3.08. The molecule has 2 N–H and O–H groups in total. The van der Waals surface area contributed by atoms with Crippen LogP contribution in [0.2, 0.25) is 0 Å². The third-order valence-electron chi connectivity index (χ3n) is 3.02. The summed E-state index contributed by atoms with van der Waals surface area (Å²) in [6, 6.07) is 5.50. The van der Waals surface area contributed by atoms with Crippen molar-refractivity contribution in [1.82, 2.24) is 5.32 Å². The molecular weight excluding hydrogens is 342 g/mol. The van der Waals surface area contributed by atoms with Crippen molar-refractivity contribution < 1.29 is 14.7 Å². The van der Waals surface area contributed by atoms with Crippen molar-refractivity contribution in [2.45, 2.75) is 31.7 Å². The Balaban J connectivity index is 2.49. The summed E-state index contributed by atoms with van der Waals surface area (Å²) in [5.41, 5.74) is 1.10. The molecule has 0 radical (unpaired) electrons. The van der Waals surface area contributed by atoms with Crippen LogP contribution in [-0.2, 0) is 9.59 Å². The molecule has 1 amide bonds. The Labute approximate surface area is 131 Å². The number of thioether (sulfide) groups is 1. The van der Waals surface area contributed by atoms with Gasteiger partial charge in [-0.1, -0.05) is 15.9 Å². The number of carbonyl (C=O) groups is 2. The van der Waals surface area contributed by atoms with E-state index in [0.717, 1.165) is 14.9 Å². The fraction of sp³-hybridized carbons (Fsp3) is 0.429. The molecule has 0 aliphatic rings. The van der Waals surface area contributed by atoms with Gasteiger partial charge in [0.1, 0.15) is 0 Å². The summed E-state index contributed by atoms with van der Waals surface area (Å²) in [6.07, 6.45) is 0. The van der Waals surface area contributed by atoms with Crippen molar-refractivity contribution in [3.63, 3.8) is 0 Å². The molecule has 4 nitrogen and oxygen atoms in total. The highest BCUT2D eigenvalue weighted by Crippen LogP contribution is 2.25. The van der Waals surface area contributed by atoms with Crippen LogP contribution in [0.15, 0.2) is 27.6 Å². The maximum absolute atomic E-state index is 11.8. The first-order valence-electron chi connectivity index (χ1n) is 6.22. The molecule has 1 aromatic carbocycles. The molecule has 1 rings (SSSR count). The van der Waals surface area contributed by atoms with Crippen LogP contribution >= 0.6 is 27.7 Å². The van der Waals surface area contributed by atoms with E-state index in [0.29, 0.717) is 0 Å². The summed E-state index contributed by atoms with van der Waals surface area (Å²) >= 11 is 4.84. The van der Waals surface area contributed by atoms with Gasteiger partial charge in [0.2, 0.25) is 5.91 Å². The van der Waals surface area contributed by atoms with E-state index >= 15 is 0 Å². The van der Waals surface area contributed by atoms with E-state index in [1.54, 1.807) is 13.8 Å². The fourth-order valence-corrected chi connectivity index (χ4v) is 2.85. The summed E-state index contributed by atoms with van der Waals surface area (Å²) < 4.78 is 1.01. The summed E-state index contributed by atoms with van der Waals surface area (Å²) in [4.78, 5) is 23.7. The molecule has 0 heterocycles. The van der Waals surface area contributed by atoms with Gasteiger partial charge in [0.15, 0.2) is 0 Å². The van der Waals surface area contributed by atoms with E-state index in [1.807, 2.05) is 25.1 Å². The van der Waals surface area contributed by atoms with Crippen molar-refractivity contribution in [1.29, 1.82) is 0 Å². The molecule has 6 heteroatoms. The number of amides is 1. The van der Waals surface area contributed by atoms with E-state index < -0.39 is 11.9 Å². The van der Waals surface area contributed by atoms with Gasteiger partial charge in [0.25, 0.3) is 0 Å². The molecular formula is C14H18BrNO3S. The van der Waals surface area contributed by atoms with Crippen LogP contribution in [0, 0.1) is 12.8 Å². The van der Waals surface area contributed by atoms with Crippen molar-refractivity contribution in [3.05, 3.63) is 28.2 Å². The standard InChI is InChI=1S/C14H18BrNO3S/c1-8-6-11(15)4-5-12(8)20-7-13(17)16-10(3)9(2)14(18)19/h4-6,9-10H,7H2,1-3H3,(H,16,17)(H,18,19). The summed E-state index contributed by atoms with van der Waals surface area (Å²) in [6.45, 7) is 5.27. The van der Waals surface area contributed by atoms with E-state index in [2.05, 4.69) is 21.2 Å². The number of carboxylic acid groups (broad SMARTS) is 1. The molecule has 0 spiro atoms. The first kappa shape index (κ1) is 17.0. The molecule has 0 saturated heterocycles. The highest BCUT2D eigenvalue weighted by atomic mass is 79.9. The van der Waals surface area contributed by atoms with Gasteiger partial charge >= 0.3 is 5.97 Å². The Bertz CT molecular complexity index is 507. The van der Waals surface area contributed by atoms with E-state index in [9.17, 15) is 9.59 Å². The minimum atomic E-state index is -0.908. The largest absolute Gasteiger partial charge is 0.481 e. The molecule has 20 heavy (non-hydrogen) atoms. The summed E-state index contributed by atoms with van der Waals surface area (Å²) in [5.74, 6) is -1.38. The van der Waals surface area contributed by atoms with Crippen LogP contribution in [0.3, 0.4) is 0 Å². The van der Waals surface area contributed by atoms with Crippen LogP contribution in [0.5, 0.6) is 0 Å². The Hall–Kier alpha value is -1.01. The number of hydrogen-bond donors (Lipinski definition) is 2. The molecule has 110 valence electrons. The number of carboxylic acids is 1. The van der Waals surface area contributed by atoms with E-state index in [4.69, 9.17) is 5.11 Å². The topological polar surface area (TPSA) is 66.4 Å². The first-order chi connectivity index (χ1) is 9.31. The predicted molar refractivity (Wildman–Crippen MR) is 84.0 cm³/mol. The molecule has 2 unspecified atom stereocenters. The number of nitrogens with one attached hydrogen (secondary N) is 1. The normalized spacial score (nSPS) is 13.6. The number of benzene rings is 1. The Morgan fingerprint density at radius 2 is 2.05 bits per heavy atom. The number of rotatable bonds is 6. The van der Waals surface area contributed by atoms with Crippen LogP contribution in [0.25, 0.3) is 0 Å². The van der Waals surface area contributed by atoms with Gasteiger partial charge in [0, 0.05) is 15.4 Å². The van der Waals surface area contributed by atoms with Gasteiger partial charge in [-0.05, 0) is 44.5 Å². The Morgan fingerprint density at radius 3 is 2.60 bits per heavy atom. The number of aryl methyl sites for hydroxylation is 1. The van der Waals surface area contributed by atoms with Gasteiger partial charge in [-0.3, -0.25) is 9.59 Å². The van der Waals surface area contributed by atoms with Crippen LogP contribution < -0.4 is 5.32 Å². The zero-order chi connectivity index (χ0) is 15.3. The Kier molecular flexibility index (Phi) is 6.55. The van der Waals surface area contributed by atoms with Gasteiger partial charge in [-0.2, -0.15) is 0 Å². The zero-order valence-electron chi connectivity index (χ0n) is 11.6. The van der Waals surface area contributed by atoms with Crippen LogP contribution in [0.4, 0.5) is 0 Å². The lowest BCUT2D eigenvalue weighted by Crippen LogP contribution is -2.40. The fourth-order valence-electron chi connectivity index (χ4n) is 1.55. The highest BCUT2D eigenvalue weighted by Gasteiger charge is 2.20. The first-order valence-corrected chi connectivity index (χ1v) is 8.00. The average molecular weight is 360 g/mol. The SMILES string of the molecule is Cc1cc(Br)ccc1SCC(=O)NC(C)C(C)C(=O)O. The van der Waals surface area contributed by atoms with E-state index in [1.165, 1.54) is 11.8 Å². The quantitative estimate of drug-likeness (QED) is 0.766.